The normalized spacial score (nSPS) is 12.9. The van der Waals surface area contributed by atoms with E-state index in [1.54, 1.807) is 0 Å². The molecule has 6 heteroatoms. The molecule has 0 N–H and O–H groups in total. The van der Waals surface area contributed by atoms with Gasteiger partial charge in [0.2, 0.25) is 0 Å². The van der Waals surface area contributed by atoms with E-state index in [2.05, 4.69) is 142 Å². The molecule has 0 aromatic carbocycles. The Morgan fingerprint density at radius 1 is 0.259 bits per heavy atom. The highest BCUT2D eigenvalue weighted by Gasteiger charge is 2.19. The second-order valence-electron chi connectivity index (χ2n) is 22.3. The number of ether oxygens (including phenoxy) is 3. The maximum Gasteiger partial charge on any atom is 0.306 e. The lowest BCUT2D eigenvalue weighted by Crippen LogP contribution is -2.30. The van der Waals surface area contributed by atoms with Crippen molar-refractivity contribution < 1.29 is 28.6 Å². The minimum Gasteiger partial charge on any atom is -0.462 e. The topological polar surface area (TPSA) is 78.9 Å². The van der Waals surface area contributed by atoms with Crippen LogP contribution in [0.1, 0.15) is 316 Å². The largest absolute Gasteiger partial charge is 0.462 e. The number of allylic oxidation sites excluding steroid dienone is 20. The highest BCUT2D eigenvalue weighted by atomic mass is 16.6. The standard InChI is InChI=1S/C75H126O6/c1-4-7-10-13-15-17-19-21-23-25-27-29-31-33-35-36-37-38-40-41-43-45-47-49-51-53-55-57-59-62-65-68-74(77)80-71-72(70-79-73(76)67-64-61-12-9-6-3)81-75(78)69-66-63-60-58-56-54-52-50-48-46-44-42-39-34-32-30-28-26-24-22-20-18-16-14-11-8-5-2/h7-8,10-11,15-18,21-24,27-30,34,39,44,46,72H,4-6,9,12-14,19-20,25-26,31-33,35-38,40-43,45,47-71H2,1-3H3/b10-7-,11-8-,17-15-,18-16-,23-21-,24-22-,29-27-,30-28-,39-34-,46-44-. The minimum absolute atomic E-state index is 0.0803. The Morgan fingerprint density at radius 2 is 0.481 bits per heavy atom. The van der Waals surface area contributed by atoms with Gasteiger partial charge < -0.3 is 14.2 Å². The third-order valence-electron chi connectivity index (χ3n) is 14.5. The minimum atomic E-state index is -0.781. The molecule has 1 atom stereocenters. The third-order valence-corrected chi connectivity index (χ3v) is 14.5. The van der Waals surface area contributed by atoms with Crippen molar-refractivity contribution in [2.24, 2.45) is 0 Å². The molecular weight excluding hydrogens is 997 g/mol. The van der Waals surface area contributed by atoms with Gasteiger partial charge in [0.15, 0.2) is 6.10 Å². The summed E-state index contributed by atoms with van der Waals surface area (Å²) >= 11 is 0. The summed E-state index contributed by atoms with van der Waals surface area (Å²) in [6, 6.07) is 0. The zero-order valence-corrected chi connectivity index (χ0v) is 53.0. The quantitative estimate of drug-likeness (QED) is 0.0261. The number of rotatable bonds is 61. The van der Waals surface area contributed by atoms with Crippen molar-refractivity contribution in [1.29, 1.82) is 0 Å². The first-order valence-corrected chi connectivity index (χ1v) is 34.0. The molecule has 0 aromatic heterocycles. The van der Waals surface area contributed by atoms with E-state index in [4.69, 9.17) is 14.2 Å². The highest BCUT2D eigenvalue weighted by Crippen LogP contribution is 2.17. The van der Waals surface area contributed by atoms with Crippen molar-refractivity contribution in [3.05, 3.63) is 122 Å². The molecule has 0 spiro atoms. The van der Waals surface area contributed by atoms with Crippen molar-refractivity contribution >= 4 is 17.9 Å². The Labute approximate surface area is 501 Å². The van der Waals surface area contributed by atoms with E-state index in [1.807, 2.05) is 0 Å². The fourth-order valence-corrected chi connectivity index (χ4v) is 9.44. The number of carbonyl (C=O) groups excluding carboxylic acids is 3. The second kappa shape index (κ2) is 68.3. The zero-order valence-electron chi connectivity index (χ0n) is 53.0. The molecule has 0 amide bonds. The van der Waals surface area contributed by atoms with Crippen molar-refractivity contribution in [3.8, 4) is 0 Å². The SMILES string of the molecule is CC/C=C\C/C=C\C/C=C\C/C=C\C/C=C\C/C=C\CCCCCCCCCCC(=O)OC(COC(=O)CCCCCCC)COC(=O)CCCCCCCCCCCCCCCCCCCC/C=C\C/C=C\C/C=C\C/C=C\CC. The number of unbranched alkanes of at least 4 members (excludes halogenated alkanes) is 30. The molecule has 0 radical (unpaired) electrons. The first kappa shape index (κ1) is 76.8. The van der Waals surface area contributed by atoms with Gasteiger partial charge in [0, 0.05) is 19.3 Å². The van der Waals surface area contributed by atoms with E-state index in [0.717, 1.165) is 135 Å². The first-order valence-electron chi connectivity index (χ1n) is 34.0. The van der Waals surface area contributed by atoms with Crippen LogP contribution in [0.2, 0.25) is 0 Å². The molecule has 0 aliphatic heterocycles. The van der Waals surface area contributed by atoms with Crippen LogP contribution < -0.4 is 0 Å². The smallest absolute Gasteiger partial charge is 0.306 e. The lowest BCUT2D eigenvalue weighted by Gasteiger charge is -2.18. The monoisotopic (exact) mass is 1120 g/mol. The molecule has 0 aliphatic rings. The molecule has 0 heterocycles. The van der Waals surface area contributed by atoms with Gasteiger partial charge in [-0.1, -0.05) is 309 Å². The number of hydrogen-bond acceptors (Lipinski definition) is 6. The molecule has 0 bridgehead atoms. The number of esters is 3. The summed E-state index contributed by atoms with van der Waals surface area (Å²) in [7, 11) is 0. The zero-order chi connectivity index (χ0) is 58.5. The summed E-state index contributed by atoms with van der Waals surface area (Å²) < 4.78 is 16.8. The van der Waals surface area contributed by atoms with Crippen molar-refractivity contribution in [1.82, 2.24) is 0 Å². The van der Waals surface area contributed by atoms with E-state index < -0.39 is 6.10 Å². The fraction of sp³-hybridized carbons (Fsp3) is 0.693. The van der Waals surface area contributed by atoms with Crippen LogP contribution >= 0.6 is 0 Å². The van der Waals surface area contributed by atoms with Gasteiger partial charge in [0.25, 0.3) is 0 Å². The Kier molecular flexibility index (Phi) is 64.8. The molecule has 0 fully saturated rings. The predicted octanol–water partition coefficient (Wildman–Crippen LogP) is 23.6. The number of hydrogen-bond donors (Lipinski definition) is 0. The average Bonchev–Trinajstić information content (AvgIpc) is 3.47. The molecule has 462 valence electrons. The lowest BCUT2D eigenvalue weighted by atomic mass is 10.0. The predicted molar refractivity (Wildman–Crippen MR) is 353 cm³/mol. The molecule has 0 saturated heterocycles. The van der Waals surface area contributed by atoms with Crippen LogP contribution in [-0.2, 0) is 28.6 Å². The van der Waals surface area contributed by atoms with E-state index in [9.17, 15) is 14.4 Å². The van der Waals surface area contributed by atoms with E-state index in [-0.39, 0.29) is 31.1 Å². The molecule has 81 heavy (non-hydrogen) atoms. The Morgan fingerprint density at radius 3 is 0.753 bits per heavy atom. The van der Waals surface area contributed by atoms with Crippen molar-refractivity contribution in [3.63, 3.8) is 0 Å². The molecule has 0 saturated carbocycles. The first-order chi connectivity index (χ1) is 40.0. The maximum atomic E-state index is 12.9. The third kappa shape index (κ3) is 66.5. The van der Waals surface area contributed by atoms with Gasteiger partial charge in [0.05, 0.1) is 0 Å². The fourth-order valence-electron chi connectivity index (χ4n) is 9.44. The van der Waals surface area contributed by atoms with Crippen LogP contribution in [0.3, 0.4) is 0 Å². The summed E-state index contributed by atoms with van der Waals surface area (Å²) in [5.41, 5.74) is 0. The Balaban J connectivity index is 4.01. The summed E-state index contributed by atoms with van der Waals surface area (Å²) in [5.74, 6) is -0.895. The van der Waals surface area contributed by atoms with Gasteiger partial charge >= 0.3 is 17.9 Å². The van der Waals surface area contributed by atoms with Crippen LogP contribution in [0.25, 0.3) is 0 Å². The van der Waals surface area contributed by atoms with Crippen LogP contribution in [0.4, 0.5) is 0 Å². The molecule has 1 unspecified atom stereocenters. The summed E-state index contributed by atoms with van der Waals surface area (Å²) in [6.07, 6.45) is 95.6. The van der Waals surface area contributed by atoms with Crippen LogP contribution in [0, 0.1) is 0 Å². The summed E-state index contributed by atoms with van der Waals surface area (Å²) in [4.78, 5) is 38.0. The second-order valence-corrected chi connectivity index (χ2v) is 22.3. The van der Waals surface area contributed by atoms with E-state index in [1.165, 1.54) is 141 Å². The number of carbonyl (C=O) groups is 3. The molecule has 0 aliphatic carbocycles. The Hall–Kier alpha value is -4.19. The lowest BCUT2D eigenvalue weighted by molar-refractivity contribution is -0.167. The van der Waals surface area contributed by atoms with Crippen LogP contribution in [0.15, 0.2) is 122 Å². The molecule has 0 aromatic rings. The van der Waals surface area contributed by atoms with Crippen molar-refractivity contribution in [2.75, 3.05) is 13.2 Å². The average molecular weight is 1120 g/mol. The van der Waals surface area contributed by atoms with Crippen LogP contribution in [-0.4, -0.2) is 37.2 Å². The molecule has 0 rings (SSSR count). The van der Waals surface area contributed by atoms with Gasteiger partial charge in [-0.15, -0.1) is 0 Å². The van der Waals surface area contributed by atoms with E-state index >= 15 is 0 Å². The highest BCUT2D eigenvalue weighted by molar-refractivity contribution is 5.71. The van der Waals surface area contributed by atoms with Gasteiger partial charge in [-0.2, -0.15) is 0 Å². The van der Waals surface area contributed by atoms with E-state index in [0.29, 0.717) is 19.3 Å². The van der Waals surface area contributed by atoms with Gasteiger partial charge in [0.1, 0.15) is 13.2 Å². The Bertz CT molecular complexity index is 1670. The molecule has 6 nitrogen and oxygen atoms in total. The van der Waals surface area contributed by atoms with Crippen molar-refractivity contribution in [2.45, 2.75) is 322 Å². The molecular formula is C75H126O6. The summed E-state index contributed by atoms with van der Waals surface area (Å²) in [5, 5.41) is 0. The summed E-state index contributed by atoms with van der Waals surface area (Å²) in [6.45, 7) is 6.35. The van der Waals surface area contributed by atoms with Gasteiger partial charge in [-0.25, -0.2) is 0 Å². The van der Waals surface area contributed by atoms with Gasteiger partial charge in [-0.3, -0.25) is 14.4 Å². The van der Waals surface area contributed by atoms with Crippen LogP contribution in [0.5, 0.6) is 0 Å². The van der Waals surface area contributed by atoms with Gasteiger partial charge in [-0.05, 0) is 109 Å². The maximum absolute atomic E-state index is 12.9.